The molecule has 2 rings (SSSR count). The number of aryl methyl sites for hydroxylation is 1. The molecule has 1 N–H and O–H groups in total. The summed E-state index contributed by atoms with van der Waals surface area (Å²) >= 11 is 0. The maximum atomic E-state index is 13.4. The van der Waals surface area contributed by atoms with Gasteiger partial charge in [-0.3, -0.25) is 9.59 Å². The van der Waals surface area contributed by atoms with Gasteiger partial charge in [0.15, 0.2) is 5.78 Å². The van der Waals surface area contributed by atoms with Crippen LogP contribution in [0.25, 0.3) is 0 Å². The number of Topliss-reactive ketones (excluding diaryl/α,β-unsaturated/α-hetero) is 1. The van der Waals surface area contributed by atoms with E-state index in [0.717, 1.165) is 0 Å². The lowest BCUT2D eigenvalue weighted by molar-refractivity contribution is 0.0518. The smallest absolute Gasteiger partial charge is 0.355 e. The van der Waals surface area contributed by atoms with Crippen LogP contribution >= 0.6 is 0 Å². The number of benzene rings is 1. The highest BCUT2D eigenvalue weighted by atomic mass is 16.5. The molecule has 0 saturated heterocycles. The van der Waals surface area contributed by atoms with E-state index in [4.69, 9.17) is 14.2 Å². The van der Waals surface area contributed by atoms with Gasteiger partial charge in [0.25, 0.3) is 5.91 Å². The molecule has 0 aliphatic rings. The minimum absolute atomic E-state index is 0.233. The quantitative estimate of drug-likeness (QED) is 0.459. The lowest BCUT2D eigenvalue weighted by atomic mass is 9.99. The number of aromatic amines is 1. The van der Waals surface area contributed by atoms with Gasteiger partial charge >= 0.3 is 5.97 Å². The van der Waals surface area contributed by atoms with E-state index < -0.39 is 12.0 Å². The van der Waals surface area contributed by atoms with Crippen LogP contribution in [0.3, 0.4) is 0 Å². The summed E-state index contributed by atoms with van der Waals surface area (Å²) in [6.45, 7) is 7.56. The van der Waals surface area contributed by atoms with Crippen molar-refractivity contribution in [1.82, 2.24) is 9.88 Å². The lowest BCUT2D eigenvalue weighted by Gasteiger charge is -2.28. The molecule has 0 saturated carbocycles. The average Bonchev–Trinajstić information content (AvgIpc) is 3.07. The summed E-state index contributed by atoms with van der Waals surface area (Å²) in [7, 11) is 3.09. The highest BCUT2D eigenvalue weighted by molar-refractivity contribution is 6.07. The first-order valence-electron chi connectivity index (χ1n) is 10.1. The Morgan fingerprint density at radius 1 is 1.10 bits per heavy atom. The molecule has 1 amide bonds. The number of nitrogens with zero attached hydrogens (tertiary/aromatic N) is 1. The average molecular weight is 431 g/mol. The van der Waals surface area contributed by atoms with Gasteiger partial charge in [-0.25, -0.2) is 4.79 Å². The van der Waals surface area contributed by atoms with Crippen molar-refractivity contribution in [2.45, 2.75) is 33.7 Å². The number of carbonyl (C=O) groups is 3. The second-order valence-electron chi connectivity index (χ2n) is 7.11. The van der Waals surface area contributed by atoms with Crippen LogP contribution in [0.4, 0.5) is 0 Å². The number of hydrogen-bond donors (Lipinski definition) is 1. The minimum Gasteiger partial charge on any atom is -0.497 e. The molecule has 1 atom stereocenters. The van der Waals surface area contributed by atoms with E-state index in [1.54, 1.807) is 59.1 Å². The molecule has 8 heteroatoms. The Balaban J connectivity index is 2.36. The number of nitrogens with one attached hydrogen (secondary N) is 1. The molecule has 168 valence electrons. The zero-order valence-electron chi connectivity index (χ0n) is 18.9. The fraction of sp³-hybridized carbons (Fsp3) is 0.435. The third-order valence-corrected chi connectivity index (χ3v) is 5.14. The van der Waals surface area contributed by atoms with Gasteiger partial charge in [0.1, 0.15) is 11.4 Å². The van der Waals surface area contributed by atoms with Crippen molar-refractivity contribution in [3.05, 3.63) is 52.3 Å². The number of ketones is 1. The molecule has 0 radical (unpaired) electrons. The molecular formula is C23H30N2O6. The maximum Gasteiger partial charge on any atom is 0.355 e. The van der Waals surface area contributed by atoms with E-state index in [0.29, 0.717) is 28.1 Å². The molecule has 0 fully saturated rings. The largest absolute Gasteiger partial charge is 0.497 e. The summed E-state index contributed by atoms with van der Waals surface area (Å²) in [6, 6.07) is 5.93. The van der Waals surface area contributed by atoms with Crippen LogP contribution in [0.15, 0.2) is 24.3 Å². The molecule has 0 aliphatic carbocycles. The highest BCUT2D eigenvalue weighted by Gasteiger charge is 2.31. The summed E-state index contributed by atoms with van der Waals surface area (Å²) in [6.07, 6.45) is 0. The third kappa shape index (κ3) is 5.32. The first kappa shape index (κ1) is 24.1. The standard InChI is InChI=1S/C23H30N2O6/c1-7-31-23(28)20-14(2)19(15(3)24-20)21(26)16(4)25(12-13-29-5)22(27)17-8-10-18(30-6)11-9-17/h8-11,16,24H,7,12-13H2,1-6H3. The molecule has 0 aliphatic heterocycles. The van der Waals surface area contributed by atoms with Crippen molar-refractivity contribution in [1.29, 1.82) is 0 Å². The van der Waals surface area contributed by atoms with E-state index >= 15 is 0 Å². The van der Waals surface area contributed by atoms with Crippen LogP contribution in [-0.2, 0) is 9.47 Å². The van der Waals surface area contributed by atoms with Crippen LogP contribution in [0.2, 0.25) is 0 Å². The van der Waals surface area contributed by atoms with Gasteiger partial charge in [0.05, 0.1) is 26.4 Å². The molecule has 1 unspecified atom stereocenters. The Morgan fingerprint density at radius 2 is 1.74 bits per heavy atom. The van der Waals surface area contributed by atoms with E-state index in [-0.39, 0.29) is 37.1 Å². The van der Waals surface area contributed by atoms with Crippen molar-refractivity contribution >= 4 is 17.7 Å². The molecule has 2 aromatic rings. The number of carbonyl (C=O) groups excluding carboxylic acids is 3. The summed E-state index contributed by atoms with van der Waals surface area (Å²) in [4.78, 5) is 43.2. The van der Waals surface area contributed by atoms with Crippen LogP contribution in [-0.4, -0.2) is 67.6 Å². The Kier molecular flexibility index (Phi) is 8.38. The number of esters is 1. The molecule has 1 aromatic heterocycles. The highest BCUT2D eigenvalue weighted by Crippen LogP contribution is 2.23. The van der Waals surface area contributed by atoms with Crippen LogP contribution < -0.4 is 4.74 Å². The molecule has 1 aromatic carbocycles. The summed E-state index contributed by atoms with van der Waals surface area (Å²) in [5.41, 5.74) is 2.14. The zero-order valence-corrected chi connectivity index (χ0v) is 18.9. The predicted octanol–water partition coefficient (Wildman–Crippen LogP) is 3.18. The van der Waals surface area contributed by atoms with Crippen molar-refractivity contribution in [3.63, 3.8) is 0 Å². The number of aromatic nitrogens is 1. The summed E-state index contributed by atoms with van der Waals surface area (Å²) in [5.74, 6) is -0.439. The fourth-order valence-electron chi connectivity index (χ4n) is 3.44. The number of amides is 1. The number of hydrogen-bond acceptors (Lipinski definition) is 6. The van der Waals surface area contributed by atoms with E-state index in [9.17, 15) is 14.4 Å². The molecule has 1 heterocycles. The number of H-pyrrole nitrogens is 1. The second-order valence-corrected chi connectivity index (χ2v) is 7.11. The van der Waals surface area contributed by atoms with Gasteiger partial charge < -0.3 is 24.1 Å². The Bertz CT molecular complexity index is 932. The first-order chi connectivity index (χ1) is 14.8. The molecule has 31 heavy (non-hydrogen) atoms. The van der Waals surface area contributed by atoms with Gasteiger partial charge in [0.2, 0.25) is 0 Å². The second kappa shape index (κ2) is 10.8. The SMILES string of the molecule is CCOC(=O)c1[nH]c(C)c(C(=O)C(C)N(CCOC)C(=O)c2ccc(OC)cc2)c1C. The van der Waals surface area contributed by atoms with Crippen molar-refractivity contribution < 1.29 is 28.6 Å². The Labute approximate surface area is 182 Å². The fourth-order valence-corrected chi connectivity index (χ4v) is 3.44. The zero-order chi connectivity index (χ0) is 23.1. The van der Waals surface area contributed by atoms with Crippen molar-refractivity contribution in [3.8, 4) is 5.75 Å². The van der Waals surface area contributed by atoms with E-state index in [1.807, 2.05) is 0 Å². The van der Waals surface area contributed by atoms with E-state index in [1.165, 1.54) is 12.0 Å². The van der Waals surface area contributed by atoms with Crippen LogP contribution in [0.5, 0.6) is 5.75 Å². The predicted molar refractivity (Wildman–Crippen MR) is 116 cm³/mol. The molecule has 0 spiro atoms. The van der Waals surface area contributed by atoms with Crippen molar-refractivity contribution in [2.75, 3.05) is 34.0 Å². The monoisotopic (exact) mass is 430 g/mol. The number of rotatable bonds is 10. The van der Waals surface area contributed by atoms with Gasteiger partial charge in [-0.1, -0.05) is 0 Å². The van der Waals surface area contributed by atoms with Gasteiger partial charge in [-0.15, -0.1) is 0 Å². The number of methoxy groups -OCH3 is 2. The Hall–Kier alpha value is -3.13. The van der Waals surface area contributed by atoms with E-state index in [2.05, 4.69) is 4.98 Å². The maximum absolute atomic E-state index is 13.4. The number of ether oxygens (including phenoxy) is 3. The van der Waals surface area contributed by atoms with Gasteiger partial charge in [-0.2, -0.15) is 0 Å². The van der Waals surface area contributed by atoms with Crippen LogP contribution in [0.1, 0.15) is 56.3 Å². The van der Waals surface area contributed by atoms with Crippen molar-refractivity contribution in [2.24, 2.45) is 0 Å². The summed E-state index contributed by atoms with van der Waals surface area (Å²) in [5, 5.41) is 0. The topological polar surface area (TPSA) is 97.9 Å². The third-order valence-electron chi connectivity index (χ3n) is 5.14. The normalized spacial score (nSPS) is 11.7. The molecule has 0 bridgehead atoms. The Morgan fingerprint density at radius 3 is 2.29 bits per heavy atom. The first-order valence-corrected chi connectivity index (χ1v) is 10.1. The lowest BCUT2D eigenvalue weighted by Crippen LogP contribution is -2.45. The molecular weight excluding hydrogens is 400 g/mol. The minimum atomic E-state index is -0.770. The van der Waals surface area contributed by atoms with Crippen LogP contribution in [0, 0.1) is 13.8 Å². The molecule has 8 nitrogen and oxygen atoms in total. The van der Waals surface area contributed by atoms with Gasteiger partial charge in [0, 0.05) is 30.5 Å². The summed E-state index contributed by atoms with van der Waals surface area (Å²) < 4.78 is 15.4. The van der Waals surface area contributed by atoms with Gasteiger partial charge in [-0.05, 0) is 57.5 Å².